The van der Waals surface area contributed by atoms with E-state index >= 15 is 0 Å². The zero-order chi connectivity index (χ0) is 26.9. The van der Waals surface area contributed by atoms with Gasteiger partial charge in [0.2, 0.25) is 10.0 Å². The molecule has 0 saturated carbocycles. The van der Waals surface area contributed by atoms with Crippen molar-refractivity contribution in [2.75, 3.05) is 32.8 Å². The number of piperidine rings is 1. The highest BCUT2D eigenvalue weighted by atomic mass is 32.2. The summed E-state index contributed by atoms with van der Waals surface area (Å²) in [6.45, 7) is 1.62. The van der Waals surface area contributed by atoms with Crippen LogP contribution in [0.2, 0.25) is 0 Å². The van der Waals surface area contributed by atoms with E-state index in [0.29, 0.717) is 44.5 Å². The molecule has 0 amide bonds. The van der Waals surface area contributed by atoms with Gasteiger partial charge in [-0.05, 0) is 36.2 Å². The van der Waals surface area contributed by atoms with Crippen LogP contribution in [0.1, 0.15) is 18.4 Å². The summed E-state index contributed by atoms with van der Waals surface area (Å²) in [5.41, 5.74) is -0.0855. The maximum Gasteiger partial charge on any atom is 0.573 e. The molecule has 0 aromatic heterocycles. The van der Waals surface area contributed by atoms with Crippen molar-refractivity contribution >= 4 is 10.0 Å². The molecule has 0 N–H and O–H groups in total. The molecule has 2 fully saturated rings. The summed E-state index contributed by atoms with van der Waals surface area (Å²) >= 11 is 0. The average molecular weight is 555 g/mol. The first-order valence-electron chi connectivity index (χ1n) is 11.4. The molecule has 2 aliphatic heterocycles. The smallest absolute Gasteiger partial charge is 0.406 e. The first-order valence-corrected chi connectivity index (χ1v) is 12.8. The van der Waals surface area contributed by atoms with Gasteiger partial charge in [0.1, 0.15) is 17.2 Å². The molecular formula is C23H24F6N2O5S. The number of ether oxygens (including phenoxy) is 3. The summed E-state index contributed by atoms with van der Waals surface area (Å²) in [4.78, 5) is 1.74. The highest BCUT2D eigenvalue weighted by molar-refractivity contribution is 7.89. The van der Waals surface area contributed by atoms with Gasteiger partial charge in [-0.3, -0.25) is 4.90 Å². The largest absolute Gasteiger partial charge is 0.573 e. The first kappa shape index (κ1) is 27.5. The molecule has 2 aromatic carbocycles. The Hall–Kier alpha value is -2.55. The third kappa shape index (κ3) is 6.86. The average Bonchev–Trinajstić information content (AvgIpc) is 3.18. The lowest BCUT2D eigenvalue weighted by Gasteiger charge is -2.43. The van der Waals surface area contributed by atoms with Crippen molar-refractivity contribution in [1.29, 1.82) is 0 Å². The molecule has 4 rings (SSSR count). The van der Waals surface area contributed by atoms with Crippen LogP contribution in [0.4, 0.5) is 26.3 Å². The topological polar surface area (TPSA) is 68.3 Å². The summed E-state index contributed by atoms with van der Waals surface area (Å²) < 4.78 is 116. The third-order valence-electron chi connectivity index (χ3n) is 6.29. The van der Waals surface area contributed by atoms with Gasteiger partial charge in [0, 0.05) is 45.1 Å². The number of rotatable bonds is 7. The Labute approximate surface area is 209 Å². The molecule has 0 aliphatic carbocycles. The maximum atomic E-state index is 13.1. The van der Waals surface area contributed by atoms with Crippen LogP contribution in [-0.2, 0) is 21.2 Å². The van der Waals surface area contributed by atoms with Gasteiger partial charge in [-0.25, -0.2) is 8.42 Å². The van der Waals surface area contributed by atoms with Gasteiger partial charge in [0.05, 0.1) is 11.5 Å². The van der Waals surface area contributed by atoms with Crippen molar-refractivity contribution in [3.63, 3.8) is 0 Å². The number of benzene rings is 2. The van der Waals surface area contributed by atoms with Gasteiger partial charge in [-0.1, -0.05) is 18.2 Å². The fraction of sp³-hybridized carbons (Fsp3) is 0.478. The van der Waals surface area contributed by atoms with E-state index in [1.54, 1.807) is 6.07 Å². The summed E-state index contributed by atoms with van der Waals surface area (Å²) in [7, 11) is -4.07. The van der Waals surface area contributed by atoms with E-state index in [9.17, 15) is 34.8 Å². The van der Waals surface area contributed by atoms with Crippen molar-refractivity contribution in [2.24, 2.45) is 0 Å². The summed E-state index contributed by atoms with van der Waals surface area (Å²) in [6.07, 6.45) is -8.67. The SMILES string of the molecule is O=S(=O)(c1cccc(OC(F)(F)F)c1)N1CCC2(CC1)OCCN2CCc1cccc(OC(F)(F)F)c1. The van der Waals surface area contributed by atoms with Crippen molar-refractivity contribution < 1.29 is 49.0 Å². The van der Waals surface area contributed by atoms with Gasteiger partial charge in [0.25, 0.3) is 0 Å². The van der Waals surface area contributed by atoms with Crippen LogP contribution in [0.25, 0.3) is 0 Å². The molecular weight excluding hydrogens is 530 g/mol. The minimum Gasteiger partial charge on any atom is -0.406 e. The normalized spacial score (nSPS) is 19.3. The van der Waals surface area contributed by atoms with Crippen LogP contribution in [-0.4, -0.2) is 68.9 Å². The molecule has 0 bridgehead atoms. The zero-order valence-corrected chi connectivity index (χ0v) is 20.2. The number of hydrogen-bond donors (Lipinski definition) is 0. The number of halogens is 6. The number of alkyl halides is 6. The lowest BCUT2D eigenvalue weighted by Crippen LogP contribution is -2.54. The standard InChI is InChI=1S/C23H24F6N2O5S/c24-22(25,26)35-18-4-1-3-17(15-18)7-10-30-13-14-34-21(30)8-11-31(12-9-21)37(32,33)20-6-2-5-19(16-20)36-23(27,28)29/h1-6,15-16H,7-14H2. The Morgan fingerprint density at radius 3 is 2.08 bits per heavy atom. The van der Waals surface area contributed by atoms with Crippen LogP contribution < -0.4 is 9.47 Å². The van der Waals surface area contributed by atoms with E-state index in [1.165, 1.54) is 34.6 Å². The second-order valence-electron chi connectivity index (χ2n) is 8.65. The Balaban J connectivity index is 1.39. The quantitative estimate of drug-likeness (QED) is 0.469. The highest BCUT2D eigenvalue weighted by Gasteiger charge is 2.46. The van der Waals surface area contributed by atoms with Gasteiger partial charge < -0.3 is 14.2 Å². The van der Waals surface area contributed by atoms with Gasteiger partial charge in [0.15, 0.2) is 0 Å². The van der Waals surface area contributed by atoms with E-state index < -0.39 is 34.2 Å². The number of sulfonamides is 1. The van der Waals surface area contributed by atoms with E-state index in [0.717, 1.165) is 12.1 Å². The summed E-state index contributed by atoms with van der Waals surface area (Å²) in [5.74, 6) is -0.933. The monoisotopic (exact) mass is 554 g/mol. The molecule has 2 heterocycles. The van der Waals surface area contributed by atoms with Gasteiger partial charge in [-0.2, -0.15) is 4.31 Å². The lowest BCUT2D eigenvalue weighted by atomic mass is 9.99. The predicted molar refractivity (Wildman–Crippen MR) is 118 cm³/mol. The first-order chi connectivity index (χ1) is 17.3. The molecule has 0 radical (unpaired) electrons. The van der Waals surface area contributed by atoms with E-state index in [-0.39, 0.29) is 23.7 Å². The molecule has 2 aliphatic rings. The molecule has 2 aromatic rings. The van der Waals surface area contributed by atoms with Crippen molar-refractivity contribution in [2.45, 2.75) is 42.6 Å². The Morgan fingerprint density at radius 2 is 1.46 bits per heavy atom. The highest BCUT2D eigenvalue weighted by Crippen LogP contribution is 2.36. The van der Waals surface area contributed by atoms with Crippen LogP contribution in [0, 0.1) is 0 Å². The molecule has 204 valence electrons. The molecule has 2 saturated heterocycles. The fourth-order valence-corrected chi connectivity index (χ4v) is 6.11. The molecule has 14 heteroatoms. The summed E-state index contributed by atoms with van der Waals surface area (Å²) in [6, 6.07) is 9.95. The van der Waals surface area contributed by atoms with E-state index in [4.69, 9.17) is 4.74 Å². The maximum absolute atomic E-state index is 13.1. The van der Waals surface area contributed by atoms with Crippen molar-refractivity contribution in [3.8, 4) is 11.5 Å². The molecule has 7 nitrogen and oxygen atoms in total. The predicted octanol–water partition coefficient (Wildman–Crippen LogP) is 4.54. The molecule has 0 unspecified atom stereocenters. The van der Waals surface area contributed by atoms with Gasteiger partial charge >= 0.3 is 12.7 Å². The fourth-order valence-electron chi connectivity index (χ4n) is 4.64. The second kappa shape index (κ2) is 10.3. The van der Waals surface area contributed by atoms with E-state index in [2.05, 4.69) is 9.47 Å². The van der Waals surface area contributed by atoms with Crippen LogP contribution in [0.5, 0.6) is 11.5 Å². The Morgan fingerprint density at radius 1 is 0.865 bits per heavy atom. The minimum atomic E-state index is -4.95. The number of nitrogens with zero attached hydrogens (tertiary/aromatic N) is 2. The second-order valence-corrected chi connectivity index (χ2v) is 10.6. The Bertz CT molecular complexity index is 1200. The Kier molecular flexibility index (Phi) is 7.66. The van der Waals surface area contributed by atoms with Crippen LogP contribution >= 0.6 is 0 Å². The number of hydrogen-bond acceptors (Lipinski definition) is 6. The van der Waals surface area contributed by atoms with Crippen LogP contribution in [0.3, 0.4) is 0 Å². The zero-order valence-electron chi connectivity index (χ0n) is 19.4. The summed E-state index contributed by atoms with van der Waals surface area (Å²) in [5, 5.41) is 0. The minimum absolute atomic E-state index is 0.0814. The van der Waals surface area contributed by atoms with Crippen molar-refractivity contribution in [1.82, 2.24) is 9.21 Å². The van der Waals surface area contributed by atoms with Gasteiger partial charge in [-0.15, -0.1) is 26.3 Å². The molecule has 0 atom stereocenters. The van der Waals surface area contributed by atoms with Crippen molar-refractivity contribution in [3.05, 3.63) is 54.1 Å². The molecule has 1 spiro atoms. The van der Waals surface area contributed by atoms with Crippen LogP contribution in [0.15, 0.2) is 53.4 Å². The van der Waals surface area contributed by atoms with E-state index in [1.807, 2.05) is 4.90 Å². The lowest BCUT2D eigenvalue weighted by molar-refractivity contribution is -0.275. The third-order valence-corrected chi connectivity index (χ3v) is 8.19. The molecule has 37 heavy (non-hydrogen) atoms.